The highest BCUT2D eigenvalue weighted by atomic mass is 127. The third-order valence-electron chi connectivity index (χ3n) is 5.51. The van der Waals surface area contributed by atoms with E-state index in [1.807, 2.05) is 0 Å². The van der Waals surface area contributed by atoms with Crippen LogP contribution < -0.4 is 0 Å². The highest BCUT2D eigenvalue weighted by molar-refractivity contribution is 14.1. The Balaban J connectivity index is 1.96. The molecule has 0 aromatic carbocycles. The van der Waals surface area contributed by atoms with Crippen LogP contribution in [0.5, 0.6) is 0 Å². The fourth-order valence-electron chi connectivity index (χ4n) is 3.46. The van der Waals surface area contributed by atoms with Crippen LogP contribution in [-0.2, 0) is 9.47 Å². The fraction of sp³-hybridized carbons (Fsp3) is 1.00. The Morgan fingerprint density at radius 3 is 2.68 bits per heavy atom. The molecule has 1 heterocycles. The van der Waals surface area contributed by atoms with Crippen LogP contribution in [0.2, 0.25) is 0 Å². The smallest absolute Gasteiger partial charge is 0.157 e. The summed E-state index contributed by atoms with van der Waals surface area (Å²) in [7, 11) is 0. The molecule has 1 aliphatic carbocycles. The summed E-state index contributed by atoms with van der Waals surface area (Å²) in [4.78, 5) is 0. The zero-order valence-corrected chi connectivity index (χ0v) is 15.8. The van der Waals surface area contributed by atoms with Gasteiger partial charge in [-0.3, -0.25) is 0 Å². The Morgan fingerprint density at radius 2 is 2.11 bits per heavy atom. The predicted octanol–water partition coefficient (Wildman–Crippen LogP) is 4.78. The molecule has 0 aromatic rings. The van der Waals surface area contributed by atoms with E-state index in [4.69, 9.17) is 9.47 Å². The summed E-state index contributed by atoms with van der Waals surface area (Å²) in [5.74, 6) is 0.799. The average molecular weight is 445 g/mol. The average Bonchev–Trinajstić information content (AvgIpc) is 2.71. The van der Waals surface area contributed by atoms with Gasteiger partial charge in [-0.1, -0.05) is 52.4 Å². The molecule has 4 heteroatoms. The SMILES string of the molecule is CC1(COC2CCCCO2)CCC(CI)C1(C)CBr. The van der Waals surface area contributed by atoms with Crippen molar-refractivity contribution in [2.75, 3.05) is 23.0 Å². The van der Waals surface area contributed by atoms with Crippen molar-refractivity contribution in [2.45, 2.75) is 52.2 Å². The molecule has 2 nitrogen and oxygen atoms in total. The summed E-state index contributed by atoms with van der Waals surface area (Å²) in [6.45, 7) is 6.55. The number of hydrogen-bond donors (Lipinski definition) is 0. The van der Waals surface area contributed by atoms with Crippen molar-refractivity contribution >= 4 is 38.5 Å². The van der Waals surface area contributed by atoms with Crippen molar-refractivity contribution in [3.05, 3.63) is 0 Å². The van der Waals surface area contributed by atoms with Crippen LogP contribution >= 0.6 is 38.5 Å². The van der Waals surface area contributed by atoms with Crippen LogP contribution in [0.15, 0.2) is 0 Å². The molecule has 1 saturated carbocycles. The zero-order chi connectivity index (χ0) is 13.9. The molecule has 0 bridgehead atoms. The number of hydrogen-bond acceptors (Lipinski definition) is 2. The van der Waals surface area contributed by atoms with Crippen molar-refractivity contribution in [3.8, 4) is 0 Å². The standard InChI is InChI=1S/C15H26BrIO2/c1-14(11-19-13-5-3-4-8-18-13)7-6-12(9-17)15(14,2)10-16/h12-13H,3-11H2,1-2H3. The van der Waals surface area contributed by atoms with Gasteiger partial charge >= 0.3 is 0 Å². The van der Waals surface area contributed by atoms with Crippen molar-refractivity contribution in [1.29, 1.82) is 0 Å². The molecule has 4 unspecified atom stereocenters. The third kappa shape index (κ3) is 3.32. The van der Waals surface area contributed by atoms with Gasteiger partial charge in [0, 0.05) is 16.4 Å². The van der Waals surface area contributed by atoms with Crippen LogP contribution in [0.3, 0.4) is 0 Å². The molecule has 1 saturated heterocycles. The van der Waals surface area contributed by atoms with Gasteiger partial charge in [0.15, 0.2) is 6.29 Å². The number of alkyl halides is 2. The Hall–Kier alpha value is 1.13. The molecule has 2 fully saturated rings. The first kappa shape index (κ1) is 16.5. The first-order chi connectivity index (χ1) is 9.05. The Kier molecular flexibility index (Phi) is 6.01. The normalized spacial score (nSPS) is 43.6. The van der Waals surface area contributed by atoms with E-state index in [1.54, 1.807) is 0 Å². The van der Waals surface area contributed by atoms with E-state index in [-0.39, 0.29) is 11.7 Å². The molecule has 1 aliphatic heterocycles. The van der Waals surface area contributed by atoms with E-state index in [2.05, 4.69) is 52.4 Å². The highest BCUT2D eigenvalue weighted by Crippen LogP contribution is 2.57. The molecule has 0 amide bonds. The third-order valence-corrected chi connectivity index (χ3v) is 7.74. The molecule has 0 N–H and O–H groups in total. The lowest BCUT2D eigenvalue weighted by molar-refractivity contribution is -0.185. The summed E-state index contributed by atoms with van der Waals surface area (Å²) in [6.07, 6.45) is 6.15. The summed E-state index contributed by atoms with van der Waals surface area (Å²) in [5.41, 5.74) is 0.607. The maximum atomic E-state index is 6.11. The van der Waals surface area contributed by atoms with Gasteiger partial charge < -0.3 is 9.47 Å². The number of rotatable bonds is 5. The Morgan fingerprint density at radius 1 is 1.32 bits per heavy atom. The zero-order valence-electron chi connectivity index (χ0n) is 12.1. The predicted molar refractivity (Wildman–Crippen MR) is 91.2 cm³/mol. The maximum Gasteiger partial charge on any atom is 0.157 e. The molecule has 112 valence electrons. The van der Waals surface area contributed by atoms with E-state index in [0.717, 1.165) is 30.9 Å². The van der Waals surface area contributed by atoms with E-state index in [9.17, 15) is 0 Å². The van der Waals surface area contributed by atoms with Crippen LogP contribution in [0.25, 0.3) is 0 Å². The molecule has 0 radical (unpaired) electrons. The Bertz CT molecular complexity index is 296. The quantitative estimate of drug-likeness (QED) is 0.448. The Labute approximate surface area is 139 Å². The van der Waals surface area contributed by atoms with Gasteiger partial charge in [-0.25, -0.2) is 0 Å². The molecule has 0 aromatic heterocycles. The molecule has 4 atom stereocenters. The first-order valence-corrected chi connectivity index (χ1v) is 10.1. The van der Waals surface area contributed by atoms with Crippen LogP contribution in [0.4, 0.5) is 0 Å². The number of halogens is 2. The van der Waals surface area contributed by atoms with E-state index < -0.39 is 0 Å². The monoisotopic (exact) mass is 444 g/mol. The van der Waals surface area contributed by atoms with Crippen LogP contribution in [-0.4, -0.2) is 29.3 Å². The maximum absolute atomic E-state index is 6.11. The van der Waals surface area contributed by atoms with Crippen molar-refractivity contribution in [1.82, 2.24) is 0 Å². The van der Waals surface area contributed by atoms with Crippen LogP contribution in [0.1, 0.15) is 46.0 Å². The lowest BCUT2D eigenvalue weighted by atomic mass is 9.66. The first-order valence-electron chi connectivity index (χ1n) is 7.41. The van der Waals surface area contributed by atoms with Gasteiger partial charge in [-0.15, -0.1) is 0 Å². The van der Waals surface area contributed by atoms with Crippen molar-refractivity contribution < 1.29 is 9.47 Å². The lowest BCUT2D eigenvalue weighted by Gasteiger charge is -2.43. The largest absolute Gasteiger partial charge is 0.353 e. The summed E-state index contributed by atoms with van der Waals surface area (Å²) in [5, 5.41) is 1.07. The molecule has 2 rings (SSSR count). The summed E-state index contributed by atoms with van der Waals surface area (Å²) in [6, 6.07) is 0. The van der Waals surface area contributed by atoms with Gasteiger partial charge in [-0.2, -0.15) is 0 Å². The molecule has 19 heavy (non-hydrogen) atoms. The summed E-state index contributed by atoms with van der Waals surface area (Å²) < 4.78 is 13.1. The van der Waals surface area contributed by atoms with Gasteiger partial charge in [0.1, 0.15) is 0 Å². The van der Waals surface area contributed by atoms with Gasteiger partial charge in [0.05, 0.1) is 6.61 Å². The van der Waals surface area contributed by atoms with Gasteiger partial charge in [0.2, 0.25) is 0 Å². The topological polar surface area (TPSA) is 18.5 Å². The molecular weight excluding hydrogens is 419 g/mol. The van der Waals surface area contributed by atoms with Gasteiger partial charge in [-0.05, 0) is 48.9 Å². The van der Waals surface area contributed by atoms with Crippen molar-refractivity contribution in [3.63, 3.8) is 0 Å². The molecule has 2 aliphatic rings. The van der Waals surface area contributed by atoms with E-state index in [0.29, 0.717) is 5.41 Å². The lowest BCUT2D eigenvalue weighted by Crippen LogP contribution is -2.43. The molecular formula is C15H26BrIO2. The van der Waals surface area contributed by atoms with Gasteiger partial charge in [0.25, 0.3) is 0 Å². The summed E-state index contributed by atoms with van der Waals surface area (Å²) >= 11 is 6.31. The minimum absolute atomic E-state index is 0.0452. The minimum Gasteiger partial charge on any atom is -0.353 e. The van der Waals surface area contributed by atoms with Crippen LogP contribution in [0, 0.1) is 16.7 Å². The second-order valence-corrected chi connectivity index (χ2v) is 8.05. The van der Waals surface area contributed by atoms with E-state index >= 15 is 0 Å². The number of ether oxygens (including phenoxy) is 2. The highest BCUT2D eigenvalue weighted by Gasteiger charge is 2.53. The fourth-order valence-corrected chi connectivity index (χ4v) is 6.01. The van der Waals surface area contributed by atoms with E-state index in [1.165, 1.54) is 30.1 Å². The minimum atomic E-state index is 0.0452. The second kappa shape index (κ2) is 6.93. The second-order valence-electron chi connectivity index (χ2n) is 6.61. The molecule has 0 spiro atoms. The van der Waals surface area contributed by atoms with Crippen molar-refractivity contribution in [2.24, 2.45) is 16.7 Å².